The third kappa shape index (κ3) is 2.84. The van der Waals surface area contributed by atoms with Gasteiger partial charge in [0.15, 0.2) is 0 Å². The summed E-state index contributed by atoms with van der Waals surface area (Å²) in [6.45, 7) is 1.92. The minimum atomic E-state index is 0.388. The van der Waals surface area contributed by atoms with E-state index in [1.54, 1.807) is 30.3 Å². The van der Waals surface area contributed by atoms with Gasteiger partial charge in [-0.25, -0.2) is 0 Å². The molecule has 0 fully saturated rings. The van der Waals surface area contributed by atoms with Gasteiger partial charge >= 0.3 is 0 Å². The largest absolute Gasteiger partial charge is 0.455 e. The lowest BCUT2D eigenvalue weighted by Gasteiger charge is -2.10. The van der Waals surface area contributed by atoms with Crippen LogP contribution in [0, 0.1) is 6.92 Å². The van der Waals surface area contributed by atoms with Gasteiger partial charge in [0, 0.05) is 10.6 Å². The van der Waals surface area contributed by atoms with Crippen LogP contribution in [0.15, 0.2) is 36.4 Å². The monoisotopic (exact) mass is 280 g/mol. The summed E-state index contributed by atoms with van der Waals surface area (Å²) in [6.07, 6.45) is 0.736. The predicted molar refractivity (Wildman–Crippen MR) is 73.1 cm³/mol. The minimum Gasteiger partial charge on any atom is -0.455 e. The van der Waals surface area contributed by atoms with E-state index >= 15 is 0 Å². The highest BCUT2D eigenvalue weighted by Crippen LogP contribution is 2.32. The van der Waals surface area contributed by atoms with Crippen molar-refractivity contribution in [1.29, 1.82) is 0 Å². The number of ether oxygens (including phenoxy) is 1. The van der Waals surface area contributed by atoms with E-state index in [9.17, 15) is 4.79 Å². The molecule has 0 bridgehead atoms. The van der Waals surface area contributed by atoms with E-state index in [1.807, 2.05) is 13.0 Å². The highest BCUT2D eigenvalue weighted by Gasteiger charge is 2.07. The second kappa shape index (κ2) is 5.42. The zero-order valence-electron chi connectivity index (χ0n) is 9.61. The molecule has 92 valence electrons. The second-order valence-electron chi connectivity index (χ2n) is 3.82. The lowest BCUT2D eigenvalue weighted by molar-refractivity contribution is 0.112. The van der Waals surface area contributed by atoms with Crippen LogP contribution in [0.5, 0.6) is 11.5 Å². The van der Waals surface area contributed by atoms with Crippen molar-refractivity contribution in [3.63, 3.8) is 0 Å². The summed E-state index contributed by atoms with van der Waals surface area (Å²) >= 11 is 11.9. The molecule has 0 heterocycles. The van der Waals surface area contributed by atoms with Crippen LogP contribution < -0.4 is 4.74 Å². The van der Waals surface area contributed by atoms with Crippen molar-refractivity contribution in [2.75, 3.05) is 0 Å². The van der Waals surface area contributed by atoms with Gasteiger partial charge in [0.25, 0.3) is 0 Å². The number of carbonyl (C=O) groups is 1. The highest BCUT2D eigenvalue weighted by atomic mass is 35.5. The van der Waals surface area contributed by atoms with Gasteiger partial charge < -0.3 is 4.74 Å². The van der Waals surface area contributed by atoms with Crippen molar-refractivity contribution in [1.82, 2.24) is 0 Å². The minimum absolute atomic E-state index is 0.388. The van der Waals surface area contributed by atoms with E-state index in [-0.39, 0.29) is 0 Å². The van der Waals surface area contributed by atoms with Crippen molar-refractivity contribution in [2.45, 2.75) is 6.92 Å². The van der Waals surface area contributed by atoms with Crippen LogP contribution in [-0.2, 0) is 0 Å². The molecule has 4 heteroatoms. The maximum absolute atomic E-state index is 10.6. The summed E-state index contributed by atoms with van der Waals surface area (Å²) in [7, 11) is 0. The normalized spacial score (nSPS) is 10.2. The molecule has 0 atom stereocenters. The Morgan fingerprint density at radius 3 is 2.50 bits per heavy atom. The molecular weight excluding hydrogens is 271 g/mol. The molecule has 0 aliphatic carbocycles. The predicted octanol–water partition coefficient (Wildman–Crippen LogP) is 4.91. The van der Waals surface area contributed by atoms with Crippen LogP contribution in [0.4, 0.5) is 0 Å². The number of benzene rings is 2. The number of hydrogen-bond donors (Lipinski definition) is 0. The molecule has 0 aliphatic rings. The van der Waals surface area contributed by atoms with E-state index in [2.05, 4.69) is 0 Å². The Morgan fingerprint density at radius 1 is 1.06 bits per heavy atom. The second-order valence-corrected chi connectivity index (χ2v) is 4.66. The fourth-order valence-electron chi connectivity index (χ4n) is 1.48. The summed E-state index contributed by atoms with van der Waals surface area (Å²) in [5.41, 5.74) is 1.46. The van der Waals surface area contributed by atoms with Crippen LogP contribution in [-0.4, -0.2) is 6.29 Å². The van der Waals surface area contributed by atoms with E-state index in [0.717, 1.165) is 11.8 Å². The van der Waals surface area contributed by atoms with Crippen LogP contribution in [0.2, 0.25) is 10.0 Å². The number of aryl methyl sites for hydroxylation is 1. The number of carbonyl (C=O) groups excluding carboxylic acids is 1. The van der Waals surface area contributed by atoms with Gasteiger partial charge in [0.1, 0.15) is 17.8 Å². The van der Waals surface area contributed by atoms with Crippen molar-refractivity contribution >= 4 is 29.5 Å². The van der Waals surface area contributed by atoms with Crippen LogP contribution in [0.25, 0.3) is 0 Å². The number of rotatable bonds is 3. The third-order valence-electron chi connectivity index (χ3n) is 2.46. The first kappa shape index (κ1) is 12.9. The van der Waals surface area contributed by atoms with Crippen molar-refractivity contribution in [2.24, 2.45) is 0 Å². The lowest BCUT2D eigenvalue weighted by atomic mass is 10.2. The Hall–Kier alpha value is -1.51. The van der Waals surface area contributed by atoms with Gasteiger partial charge in [-0.15, -0.1) is 0 Å². The number of aldehydes is 1. The molecule has 0 aromatic heterocycles. The van der Waals surface area contributed by atoms with Gasteiger partial charge in [-0.2, -0.15) is 0 Å². The number of halogens is 2. The first-order valence-corrected chi connectivity index (χ1v) is 6.04. The van der Waals surface area contributed by atoms with E-state index in [4.69, 9.17) is 27.9 Å². The summed E-state index contributed by atoms with van der Waals surface area (Å²) in [6, 6.07) is 10.2. The summed E-state index contributed by atoms with van der Waals surface area (Å²) in [4.78, 5) is 10.6. The van der Waals surface area contributed by atoms with E-state index in [1.165, 1.54) is 0 Å². The molecule has 0 unspecified atom stereocenters. The average Bonchev–Trinajstić information content (AvgIpc) is 2.36. The standard InChI is InChI=1S/C14H10Cl2O2/c1-9-2-4-11(15)7-14(9)18-13-5-3-10(8-17)6-12(13)16/h2-8H,1H3. The topological polar surface area (TPSA) is 26.3 Å². The highest BCUT2D eigenvalue weighted by molar-refractivity contribution is 6.32. The Balaban J connectivity index is 2.34. The van der Waals surface area contributed by atoms with Crippen molar-refractivity contribution in [3.05, 3.63) is 57.6 Å². The van der Waals surface area contributed by atoms with Gasteiger partial charge in [0.05, 0.1) is 5.02 Å². The molecule has 0 amide bonds. The SMILES string of the molecule is Cc1ccc(Cl)cc1Oc1ccc(C=O)cc1Cl. The average molecular weight is 281 g/mol. The third-order valence-corrected chi connectivity index (χ3v) is 2.99. The molecule has 2 nitrogen and oxygen atoms in total. The maximum Gasteiger partial charge on any atom is 0.150 e. The Kier molecular flexibility index (Phi) is 3.90. The van der Waals surface area contributed by atoms with Gasteiger partial charge in [0.2, 0.25) is 0 Å². The molecule has 0 radical (unpaired) electrons. The van der Waals surface area contributed by atoms with Gasteiger partial charge in [-0.05, 0) is 42.8 Å². The molecular formula is C14H10Cl2O2. The van der Waals surface area contributed by atoms with Gasteiger partial charge in [-0.1, -0.05) is 29.3 Å². The Bertz CT molecular complexity index is 594. The summed E-state index contributed by atoms with van der Waals surface area (Å²) < 4.78 is 5.69. The van der Waals surface area contributed by atoms with Crippen LogP contribution >= 0.6 is 23.2 Å². The van der Waals surface area contributed by atoms with Crippen LogP contribution in [0.3, 0.4) is 0 Å². The Labute approximate surface area is 115 Å². The molecule has 0 aliphatic heterocycles. The fraction of sp³-hybridized carbons (Fsp3) is 0.0714. The fourth-order valence-corrected chi connectivity index (χ4v) is 1.87. The molecule has 0 spiro atoms. The molecule has 2 aromatic rings. The molecule has 0 N–H and O–H groups in total. The maximum atomic E-state index is 10.6. The quantitative estimate of drug-likeness (QED) is 0.747. The first-order chi connectivity index (χ1) is 8.60. The smallest absolute Gasteiger partial charge is 0.150 e. The summed E-state index contributed by atoms with van der Waals surface area (Å²) in [5.74, 6) is 1.14. The number of hydrogen-bond acceptors (Lipinski definition) is 2. The lowest BCUT2D eigenvalue weighted by Crippen LogP contribution is -1.89. The molecule has 18 heavy (non-hydrogen) atoms. The molecule has 0 saturated heterocycles. The van der Waals surface area contributed by atoms with E-state index in [0.29, 0.717) is 27.1 Å². The Morgan fingerprint density at radius 2 is 1.83 bits per heavy atom. The van der Waals surface area contributed by atoms with Crippen LogP contribution in [0.1, 0.15) is 15.9 Å². The molecule has 2 aromatic carbocycles. The van der Waals surface area contributed by atoms with E-state index < -0.39 is 0 Å². The molecule has 0 saturated carbocycles. The van der Waals surface area contributed by atoms with Gasteiger partial charge in [-0.3, -0.25) is 4.79 Å². The summed E-state index contributed by atoms with van der Waals surface area (Å²) in [5, 5.41) is 0.982. The van der Waals surface area contributed by atoms with Crippen molar-refractivity contribution in [3.8, 4) is 11.5 Å². The van der Waals surface area contributed by atoms with Crippen molar-refractivity contribution < 1.29 is 9.53 Å². The zero-order valence-corrected chi connectivity index (χ0v) is 11.1. The first-order valence-electron chi connectivity index (χ1n) is 5.29. The molecule has 2 rings (SSSR count). The zero-order chi connectivity index (χ0) is 13.1.